The molecule has 4 aromatic rings. The largest absolute Gasteiger partial charge is 0.439 e. The first-order valence-electron chi connectivity index (χ1n) is 9.25. The van der Waals surface area contributed by atoms with Crippen LogP contribution < -0.4 is 4.74 Å². The highest BCUT2D eigenvalue weighted by molar-refractivity contribution is 7.91. The minimum atomic E-state index is -3.50. The first-order valence-corrected chi connectivity index (χ1v) is 10.9. The number of nitriles is 1. The molecule has 6 nitrogen and oxygen atoms in total. The molecule has 0 saturated heterocycles. The number of pyridine rings is 2. The second kappa shape index (κ2) is 8.31. The van der Waals surface area contributed by atoms with Crippen molar-refractivity contribution in [3.05, 3.63) is 90.3 Å². The van der Waals surface area contributed by atoms with Crippen LogP contribution in [0.25, 0.3) is 10.9 Å². The maximum Gasteiger partial charge on any atom is 0.219 e. The zero-order valence-corrected chi connectivity index (χ0v) is 16.7. The number of aryl methyl sites for hydroxylation is 1. The lowest BCUT2D eigenvalue weighted by atomic mass is 10.1. The summed E-state index contributed by atoms with van der Waals surface area (Å²) in [6.45, 7) is 0. The normalized spacial score (nSPS) is 11.2. The molecule has 0 radical (unpaired) electrons. The number of benzene rings is 2. The van der Waals surface area contributed by atoms with Gasteiger partial charge in [-0.1, -0.05) is 18.2 Å². The second-order valence-electron chi connectivity index (χ2n) is 6.63. The molecule has 2 heterocycles. The highest BCUT2D eigenvalue weighted by atomic mass is 32.2. The van der Waals surface area contributed by atoms with E-state index in [1.54, 1.807) is 30.5 Å². The monoisotopic (exact) mass is 415 g/mol. The van der Waals surface area contributed by atoms with Gasteiger partial charge in [0, 0.05) is 23.8 Å². The number of ether oxygens (including phenoxy) is 1. The summed E-state index contributed by atoms with van der Waals surface area (Å²) in [5.41, 5.74) is 2.31. The summed E-state index contributed by atoms with van der Waals surface area (Å²) in [4.78, 5) is 8.57. The van der Waals surface area contributed by atoms with Gasteiger partial charge in [0.15, 0.2) is 9.84 Å². The molecular formula is C23H17N3O3S. The van der Waals surface area contributed by atoms with Crippen molar-refractivity contribution in [1.82, 2.24) is 9.97 Å². The maximum absolute atomic E-state index is 12.8. The summed E-state index contributed by atoms with van der Waals surface area (Å²) in [7, 11) is -3.50. The molecule has 0 amide bonds. The molecule has 0 aliphatic heterocycles. The van der Waals surface area contributed by atoms with Gasteiger partial charge in [-0.2, -0.15) is 5.26 Å². The molecule has 0 atom stereocenters. The number of hydrogen-bond acceptors (Lipinski definition) is 6. The van der Waals surface area contributed by atoms with Crippen LogP contribution in [0, 0.1) is 11.3 Å². The number of fused-ring (bicyclic) bond motifs is 1. The summed E-state index contributed by atoms with van der Waals surface area (Å²) >= 11 is 0. The molecule has 0 aliphatic rings. The van der Waals surface area contributed by atoms with Crippen molar-refractivity contribution in [2.24, 2.45) is 0 Å². The van der Waals surface area contributed by atoms with E-state index >= 15 is 0 Å². The van der Waals surface area contributed by atoms with Gasteiger partial charge in [-0.05, 0) is 54.4 Å². The van der Waals surface area contributed by atoms with Crippen LogP contribution in [0.3, 0.4) is 0 Å². The number of aromatic nitrogens is 2. The Morgan fingerprint density at radius 3 is 2.47 bits per heavy atom. The fourth-order valence-corrected chi connectivity index (χ4v) is 4.28. The Bertz CT molecular complexity index is 1320. The highest BCUT2D eigenvalue weighted by Crippen LogP contribution is 2.22. The van der Waals surface area contributed by atoms with E-state index in [2.05, 4.69) is 9.97 Å². The first-order chi connectivity index (χ1) is 14.5. The zero-order chi connectivity index (χ0) is 21.0. The van der Waals surface area contributed by atoms with Crippen molar-refractivity contribution in [2.45, 2.75) is 11.3 Å². The lowest BCUT2D eigenvalue weighted by Gasteiger charge is -2.08. The van der Waals surface area contributed by atoms with E-state index in [-0.39, 0.29) is 16.5 Å². The lowest BCUT2D eigenvalue weighted by Crippen LogP contribution is -2.10. The average molecular weight is 415 g/mol. The van der Waals surface area contributed by atoms with Crippen LogP contribution in [-0.4, -0.2) is 24.1 Å². The SMILES string of the molecule is N#Cc1ccc(Oc2ccc(S(=O)(=O)CCc3ccnc4ccccc34)cn2)cc1. The smallest absolute Gasteiger partial charge is 0.219 e. The predicted octanol–water partition coefficient (Wildman–Crippen LogP) is 4.31. The fourth-order valence-electron chi connectivity index (χ4n) is 3.06. The molecular weight excluding hydrogens is 398 g/mol. The van der Waals surface area contributed by atoms with E-state index in [0.29, 0.717) is 17.7 Å². The lowest BCUT2D eigenvalue weighted by molar-refractivity contribution is 0.462. The van der Waals surface area contributed by atoms with Gasteiger partial charge in [0.1, 0.15) is 5.75 Å². The van der Waals surface area contributed by atoms with Crippen molar-refractivity contribution in [3.8, 4) is 17.7 Å². The molecule has 0 fully saturated rings. The number of rotatable bonds is 6. The van der Waals surface area contributed by atoms with Gasteiger partial charge in [0.25, 0.3) is 0 Å². The zero-order valence-electron chi connectivity index (χ0n) is 15.9. The Morgan fingerprint density at radius 1 is 0.933 bits per heavy atom. The second-order valence-corrected chi connectivity index (χ2v) is 8.74. The Labute approximate surface area is 174 Å². The third-order valence-corrected chi connectivity index (χ3v) is 6.35. The Balaban J connectivity index is 1.46. The molecule has 30 heavy (non-hydrogen) atoms. The van der Waals surface area contributed by atoms with Crippen LogP contribution in [0.5, 0.6) is 11.6 Å². The van der Waals surface area contributed by atoms with Gasteiger partial charge in [0.2, 0.25) is 5.88 Å². The van der Waals surface area contributed by atoms with E-state index in [9.17, 15) is 8.42 Å². The van der Waals surface area contributed by atoms with Gasteiger partial charge >= 0.3 is 0 Å². The van der Waals surface area contributed by atoms with Crippen molar-refractivity contribution in [3.63, 3.8) is 0 Å². The molecule has 0 bridgehead atoms. The fraction of sp³-hybridized carbons (Fsp3) is 0.0870. The molecule has 2 aromatic heterocycles. The van der Waals surface area contributed by atoms with Crippen molar-refractivity contribution >= 4 is 20.7 Å². The number of para-hydroxylation sites is 1. The number of hydrogen-bond donors (Lipinski definition) is 0. The Morgan fingerprint density at radius 2 is 1.73 bits per heavy atom. The number of sulfone groups is 1. The molecule has 0 unspecified atom stereocenters. The topological polar surface area (TPSA) is 92.9 Å². The van der Waals surface area contributed by atoms with Crippen LogP contribution >= 0.6 is 0 Å². The maximum atomic E-state index is 12.8. The molecule has 0 aliphatic carbocycles. The summed E-state index contributed by atoms with van der Waals surface area (Å²) < 4.78 is 31.1. The number of nitrogens with zero attached hydrogens (tertiary/aromatic N) is 3. The summed E-state index contributed by atoms with van der Waals surface area (Å²) in [6, 6.07) is 21.2. The average Bonchev–Trinajstić information content (AvgIpc) is 2.78. The van der Waals surface area contributed by atoms with Crippen molar-refractivity contribution in [1.29, 1.82) is 5.26 Å². The van der Waals surface area contributed by atoms with E-state index in [1.165, 1.54) is 18.3 Å². The van der Waals surface area contributed by atoms with Crippen LogP contribution in [0.4, 0.5) is 0 Å². The summed E-state index contributed by atoms with van der Waals surface area (Å²) in [6.07, 6.45) is 3.38. The summed E-state index contributed by atoms with van der Waals surface area (Å²) in [5, 5.41) is 9.79. The van der Waals surface area contributed by atoms with Gasteiger partial charge in [-0.25, -0.2) is 13.4 Å². The standard InChI is InChI=1S/C23H17N3O3S/c24-15-17-5-7-19(8-6-17)29-23-10-9-20(16-26-23)30(27,28)14-12-18-11-13-25-22-4-2-1-3-21(18)22/h1-11,13,16H,12,14H2. The first kappa shape index (κ1) is 19.6. The van der Waals surface area contributed by atoms with Gasteiger partial charge in [-0.15, -0.1) is 0 Å². The van der Waals surface area contributed by atoms with Crippen LogP contribution in [0.15, 0.2) is 84.0 Å². The van der Waals surface area contributed by atoms with Gasteiger partial charge in [-0.3, -0.25) is 4.98 Å². The van der Waals surface area contributed by atoms with E-state index in [1.807, 2.05) is 36.4 Å². The van der Waals surface area contributed by atoms with Crippen LogP contribution in [0.2, 0.25) is 0 Å². The molecule has 7 heteroatoms. The van der Waals surface area contributed by atoms with Crippen molar-refractivity contribution < 1.29 is 13.2 Å². The van der Waals surface area contributed by atoms with E-state index < -0.39 is 9.84 Å². The predicted molar refractivity (Wildman–Crippen MR) is 113 cm³/mol. The minimum absolute atomic E-state index is 0.0293. The molecule has 0 spiro atoms. The quantitative estimate of drug-likeness (QED) is 0.466. The molecule has 0 N–H and O–H groups in total. The Hall–Kier alpha value is -3.76. The molecule has 148 valence electrons. The van der Waals surface area contributed by atoms with Gasteiger partial charge < -0.3 is 4.74 Å². The van der Waals surface area contributed by atoms with Crippen LogP contribution in [0.1, 0.15) is 11.1 Å². The van der Waals surface area contributed by atoms with E-state index in [0.717, 1.165) is 16.5 Å². The molecule has 2 aromatic carbocycles. The Kier molecular flexibility index (Phi) is 5.42. The van der Waals surface area contributed by atoms with E-state index in [4.69, 9.17) is 10.00 Å². The third-order valence-electron chi connectivity index (χ3n) is 4.65. The summed E-state index contributed by atoms with van der Waals surface area (Å²) in [5.74, 6) is 0.763. The van der Waals surface area contributed by atoms with Gasteiger partial charge in [0.05, 0.1) is 27.8 Å². The van der Waals surface area contributed by atoms with Crippen LogP contribution in [-0.2, 0) is 16.3 Å². The van der Waals surface area contributed by atoms with Crippen molar-refractivity contribution in [2.75, 3.05) is 5.75 Å². The minimum Gasteiger partial charge on any atom is -0.439 e. The molecule has 0 saturated carbocycles. The third kappa shape index (κ3) is 4.29. The molecule has 4 rings (SSSR count). The highest BCUT2D eigenvalue weighted by Gasteiger charge is 2.16.